The molecule has 5 heteroatoms. The topological polar surface area (TPSA) is 65.0 Å². The normalized spacial score (nSPS) is 27.7. The van der Waals surface area contributed by atoms with Crippen molar-refractivity contribution in [1.82, 2.24) is 0 Å². The van der Waals surface area contributed by atoms with E-state index in [1.165, 1.54) is 20.3 Å². The number of aliphatic carboxylic acids is 1. The molecule has 1 unspecified atom stereocenters. The maximum Gasteiger partial charge on any atom is 0.377 e. The van der Waals surface area contributed by atoms with Gasteiger partial charge in [0.2, 0.25) is 0 Å². The number of rotatable bonds is 3. The highest BCUT2D eigenvalue weighted by Crippen LogP contribution is 2.29. The molecule has 1 atom stereocenters. The van der Waals surface area contributed by atoms with E-state index in [9.17, 15) is 4.79 Å². The van der Waals surface area contributed by atoms with Gasteiger partial charge in [0.25, 0.3) is 5.95 Å². The van der Waals surface area contributed by atoms with Gasteiger partial charge in [-0.2, -0.15) is 0 Å². The summed E-state index contributed by atoms with van der Waals surface area (Å²) < 4.78 is 14.4. The van der Waals surface area contributed by atoms with Gasteiger partial charge >= 0.3 is 11.8 Å². The molecule has 0 saturated carbocycles. The van der Waals surface area contributed by atoms with Gasteiger partial charge in [-0.25, -0.2) is 4.79 Å². The highest BCUT2D eigenvalue weighted by molar-refractivity contribution is 5.76. The van der Waals surface area contributed by atoms with Gasteiger partial charge in [0.05, 0.1) is 13.5 Å². The predicted molar refractivity (Wildman–Crippen MR) is 38.2 cm³/mol. The zero-order valence-electron chi connectivity index (χ0n) is 6.86. The Kier molecular flexibility index (Phi) is 2.23. The summed E-state index contributed by atoms with van der Waals surface area (Å²) in [6.07, 6.45) is 1.68. The summed E-state index contributed by atoms with van der Waals surface area (Å²) in [5.74, 6) is -2.57. The Bertz CT molecular complexity index is 222. The summed E-state index contributed by atoms with van der Waals surface area (Å²) in [4.78, 5) is 10.7. The molecule has 68 valence electrons. The van der Waals surface area contributed by atoms with Crippen molar-refractivity contribution in [3.63, 3.8) is 0 Å². The molecular weight excluding hydrogens is 164 g/mol. The molecule has 1 rings (SSSR count). The van der Waals surface area contributed by atoms with Gasteiger partial charge in [-0.15, -0.1) is 0 Å². The zero-order chi connectivity index (χ0) is 9.19. The lowest BCUT2D eigenvalue weighted by atomic mass is 10.2. The van der Waals surface area contributed by atoms with E-state index in [4.69, 9.17) is 19.3 Å². The SMILES string of the molecule is COC1=CCC(OC)(C(=O)O)O1. The molecule has 0 aromatic heterocycles. The number of carboxylic acid groups (broad SMARTS) is 1. The van der Waals surface area contributed by atoms with Gasteiger partial charge in [-0.05, 0) is 0 Å². The number of hydrogen-bond acceptors (Lipinski definition) is 4. The molecule has 1 heterocycles. The number of ether oxygens (including phenoxy) is 3. The van der Waals surface area contributed by atoms with Gasteiger partial charge < -0.3 is 19.3 Å². The molecule has 0 aromatic carbocycles. The van der Waals surface area contributed by atoms with Gasteiger partial charge in [0.15, 0.2) is 0 Å². The second-order valence-electron chi connectivity index (χ2n) is 2.30. The molecule has 0 fully saturated rings. The lowest BCUT2D eigenvalue weighted by molar-refractivity contribution is -0.223. The Hall–Kier alpha value is -1.23. The van der Waals surface area contributed by atoms with E-state index < -0.39 is 11.8 Å². The van der Waals surface area contributed by atoms with Crippen LogP contribution in [0.1, 0.15) is 6.42 Å². The van der Waals surface area contributed by atoms with Crippen molar-refractivity contribution in [3.8, 4) is 0 Å². The van der Waals surface area contributed by atoms with E-state index >= 15 is 0 Å². The first-order chi connectivity index (χ1) is 5.64. The monoisotopic (exact) mass is 174 g/mol. The third-order valence-corrected chi connectivity index (χ3v) is 1.66. The fourth-order valence-electron chi connectivity index (χ4n) is 0.932. The molecule has 1 aliphatic heterocycles. The Labute approximate surface area is 69.5 Å². The van der Waals surface area contributed by atoms with Crippen molar-refractivity contribution in [2.75, 3.05) is 14.2 Å². The highest BCUT2D eigenvalue weighted by Gasteiger charge is 2.45. The Morgan fingerprint density at radius 2 is 2.42 bits per heavy atom. The lowest BCUT2D eigenvalue weighted by Gasteiger charge is -2.22. The van der Waals surface area contributed by atoms with Crippen LogP contribution in [0.5, 0.6) is 0 Å². The molecule has 0 spiro atoms. The number of hydrogen-bond donors (Lipinski definition) is 1. The zero-order valence-corrected chi connectivity index (χ0v) is 6.86. The second-order valence-corrected chi connectivity index (χ2v) is 2.30. The molecule has 0 amide bonds. The van der Waals surface area contributed by atoms with Crippen LogP contribution in [-0.2, 0) is 19.0 Å². The number of methoxy groups -OCH3 is 2. The highest BCUT2D eigenvalue weighted by atomic mass is 16.8. The minimum absolute atomic E-state index is 0.155. The average molecular weight is 174 g/mol. The van der Waals surface area contributed by atoms with Crippen LogP contribution < -0.4 is 0 Å². The molecule has 5 nitrogen and oxygen atoms in total. The van der Waals surface area contributed by atoms with Crippen molar-refractivity contribution in [3.05, 3.63) is 12.0 Å². The van der Waals surface area contributed by atoms with Crippen LogP contribution in [0.4, 0.5) is 0 Å². The minimum atomic E-state index is -1.59. The summed E-state index contributed by atoms with van der Waals surface area (Å²) in [5.41, 5.74) is 0. The van der Waals surface area contributed by atoms with Crippen LogP contribution in [0.3, 0.4) is 0 Å². The molecule has 0 bridgehead atoms. The molecule has 0 radical (unpaired) electrons. The van der Waals surface area contributed by atoms with E-state index in [1.54, 1.807) is 0 Å². The lowest BCUT2D eigenvalue weighted by Crippen LogP contribution is -2.40. The first-order valence-electron chi connectivity index (χ1n) is 3.36. The Morgan fingerprint density at radius 1 is 1.75 bits per heavy atom. The smallest absolute Gasteiger partial charge is 0.377 e. The maximum atomic E-state index is 10.7. The van der Waals surface area contributed by atoms with Crippen molar-refractivity contribution >= 4 is 5.97 Å². The summed E-state index contributed by atoms with van der Waals surface area (Å²) in [7, 11) is 2.68. The molecular formula is C7H10O5. The Morgan fingerprint density at radius 3 is 2.67 bits per heavy atom. The average Bonchev–Trinajstić information content (AvgIpc) is 2.48. The standard InChI is InChI=1S/C7H10O5/c1-10-5-3-4-7(11-2,12-5)6(8)9/h3H,4H2,1-2H3,(H,8,9). The molecule has 12 heavy (non-hydrogen) atoms. The van der Waals surface area contributed by atoms with E-state index in [1.807, 2.05) is 0 Å². The molecule has 1 aliphatic rings. The van der Waals surface area contributed by atoms with E-state index in [0.29, 0.717) is 0 Å². The van der Waals surface area contributed by atoms with Crippen molar-refractivity contribution in [2.24, 2.45) is 0 Å². The summed E-state index contributed by atoms with van der Waals surface area (Å²) >= 11 is 0. The molecule has 1 N–H and O–H groups in total. The summed E-state index contributed by atoms with van der Waals surface area (Å²) in [5, 5.41) is 8.74. The predicted octanol–water partition coefficient (Wildman–Crippen LogP) is 0.322. The summed E-state index contributed by atoms with van der Waals surface area (Å²) in [6, 6.07) is 0. The first kappa shape index (κ1) is 8.86. The van der Waals surface area contributed by atoms with Crippen LogP contribution in [0, 0.1) is 0 Å². The fourth-order valence-corrected chi connectivity index (χ4v) is 0.932. The fraction of sp³-hybridized carbons (Fsp3) is 0.571. The minimum Gasteiger partial charge on any atom is -0.476 e. The van der Waals surface area contributed by atoms with Gasteiger partial charge in [-0.3, -0.25) is 0 Å². The number of carboxylic acids is 1. The van der Waals surface area contributed by atoms with E-state index in [2.05, 4.69) is 0 Å². The van der Waals surface area contributed by atoms with Crippen LogP contribution >= 0.6 is 0 Å². The van der Waals surface area contributed by atoms with Gasteiger partial charge in [0, 0.05) is 13.2 Å². The maximum absolute atomic E-state index is 10.7. The van der Waals surface area contributed by atoms with Crippen molar-refractivity contribution < 1.29 is 24.1 Å². The van der Waals surface area contributed by atoms with Crippen LogP contribution in [-0.4, -0.2) is 31.1 Å². The van der Waals surface area contributed by atoms with Crippen molar-refractivity contribution in [1.29, 1.82) is 0 Å². The number of carbonyl (C=O) groups is 1. The molecule has 0 aliphatic carbocycles. The third kappa shape index (κ3) is 1.23. The quantitative estimate of drug-likeness (QED) is 0.667. The third-order valence-electron chi connectivity index (χ3n) is 1.66. The second kappa shape index (κ2) is 3.02. The van der Waals surface area contributed by atoms with Crippen molar-refractivity contribution in [2.45, 2.75) is 12.2 Å². The summed E-state index contributed by atoms with van der Waals surface area (Å²) in [6.45, 7) is 0. The van der Waals surface area contributed by atoms with E-state index in [0.717, 1.165) is 0 Å². The molecule has 0 aromatic rings. The van der Waals surface area contributed by atoms with Gasteiger partial charge in [-0.1, -0.05) is 0 Å². The Balaban J connectivity index is 2.71. The van der Waals surface area contributed by atoms with Crippen LogP contribution in [0.25, 0.3) is 0 Å². The van der Waals surface area contributed by atoms with E-state index in [-0.39, 0.29) is 12.4 Å². The first-order valence-corrected chi connectivity index (χ1v) is 3.36. The van der Waals surface area contributed by atoms with Gasteiger partial charge in [0.1, 0.15) is 0 Å². The largest absolute Gasteiger partial charge is 0.476 e. The molecule has 0 saturated heterocycles. The van der Waals surface area contributed by atoms with Crippen LogP contribution in [0.2, 0.25) is 0 Å². The van der Waals surface area contributed by atoms with Crippen LogP contribution in [0.15, 0.2) is 12.0 Å².